The minimum absolute atomic E-state index is 0.0871. The molecule has 0 aromatic rings. The van der Waals surface area contributed by atoms with E-state index < -0.39 is 5.60 Å². The summed E-state index contributed by atoms with van der Waals surface area (Å²) in [7, 11) is 0. The fraction of sp³-hybridized carbons (Fsp3) is 0.900. The van der Waals surface area contributed by atoms with Crippen LogP contribution in [0.2, 0.25) is 0 Å². The molecule has 0 aromatic carbocycles. The molecule has 1 saturated heterocycles. The van der Waals surface area contributed by atoms with Crippen molar-refractivity contribution < 1.29 is 9.90 Å². The highest BCUT2D eigenvalue weighted by molar-refractivity contribution is 5.80. The summed E-state index contributed by atoms with van der Waals surface area (Å²) in [6, 6.07) is 0. The second-order valence-electron chi connectivity index (χ2n) is 4.50. The molecule has 2 fully saturated rings. The van der Waals surface area contributed by atoms with Crippen molar-refractivity contribution in [1.82, 2.24) is 10.6 Å². The van der Waals surface area contributed by atoms with E-state index in [1.54, 1.807) is 0 Å². The first-order valence-electron chi connectivity index (χ1n) is 5.40. The van der Waals surface area contributed by atoms with E-state index in [-0.39, 0.29) is 11.8 Å². The summed E-state index contributed by atoms with van der Waals surface area (Å²) < 4.78 is 0. The molecule has 0 atom stereocenters. The van der Waals surface area contributed by atoms with Gasteiger partial charge in [0.1, 0.15) is 0 Å². The van der Waals surface area contributed by atoms with Gasteiger partial charge in [0.15, 0.2) is 0 Å². The Bertz CT molecular complexity index is 220. The number of carbonyl (C=O) groups is 1. The van der Waals surface area contributed by atoms with Gasteiger partial charge in [0.25, 0.3) is 0 Å². The molecule has 1 saturated carbocycles. The Balaban J connectivity index is 1.72. The van der Waals surface area contributed by atoms with Crippen LogP contribution in [0.4, 0.5) is 0 Å². The van der Waals surface area contributed by atoms with Crippen molar-refractivity contribution >= 4 is 5.91 Å². The molecule has 1 heterocycles. The molecule has 4 nitrogen and oxygen atoms in total. The number of nitrogens with one attached hydrogen (secondary N) is 2. The van der Waals surface area contributed by atoms with Crippen LogP contribution in [0.5, 0.6) is 0 Å². The zero-order valence-corrected chi connectivity index (χ0v) is 8.38. The average Bonchev–Trinajstić information content (AvgIpc) is 2.47. The molecule has 0 unspecified atom stereocenters. The minimum atomic E-state index is -0.618. The zero-order chi connectivity index (χ0) is 10.0. The predicted octanol–water partition coefficient (Wildman–Crippen LogP) is -0.373. The van der Waals surface area contributed by atoms with Gasteiger partial charge in [-0.3, -0.25) is 4.79 Å². The smallest absolute Gasteiger partial charge is 0.225 e. The van der Waals surface area contributed by atoms with E-state index in [0.29, 0.717) is 6.54 Å². The van der Waals surface area contributed by atoms with Crippen LogP contribution >= 0.6 is 0 Å². The Hall–Kier alpha value is -0.610. The van der Waals surface area contributed by atoms with Crippen LogP contribution in [0.3, 0.4) is 0 Å². The summed E-state index contributed by atoms with van der Waals surface area (Å²) in [5.41, 5.74) is -0.618. The van der Waals surface area contributed by atoms with Crippen LogP contribution in [0.1, 0.15) is 25.7 Å². The van der Waals surface area contributed by atoms with E-state index in [9.17, 15) is 9.90 Å². The average molecular weight is 198 g/mol. The van der Waals surface area contributed by atoms with Gasteiger partial charge in [-0.1, -0.05) is 12.8 Å². The predicted molar refractivity (Wildman–Crippen MR) is 52.8 cm³/mol. The van der Waals surface area contributed by atoms with Crippen molar-refractivity contribution in [2.45, 2.75) is 31.3 Å². The first-order chi connectivity index (χ1) is 6.70. The van der Waals surface area contributed by atoms with Crippen LogP contribution < -0.4 is 10.6 Å². The Kier molecular flexibility index (Phi) is 2.74. The molecule has 3 N–H and O–H groups in total. The summed E-state index contributed by atoms with van der Waals surface area (Å²) in [4.78, 5) is 11.5. The van der Waals surface area contributed by atoms with Crippen molar-refractivity contribution in [1.29, 1.82) is 0 Å². The second kappa shape index (κ2) is 3.87. The molecule has 80 valence electrons. The lowest BCUT2D eigenvalue weighted by Crippen LogP contribution is -2.53. The highest BCUT2D eigenvalue weighted by Gasteiger charge is 2.33. The minimum Gasteiger partial charge on any atom is -0.388 e. The van der Waals surface area contributed by atoms with E-state index in [4.69, 9.17) is 0 Å². The fourth-order valence-electron chi connectivity index (χ4n) is 2.08. The van der Waals surface area contributed by atoms with Crippen molar-refractivity contribution in [2.24, 2.45) is 5.92 Å². The summed E-state index contributed by atoms with van der Waals surface area (Å²) >= 11 is 0. The quantitative estimate of drug-likeness (QED) is 0.579. The van der Waals surface area contributed by atoms with Crippen LogP contribution in [0, 0.1) is 5.92 Å². The number of hydrogen-bond acceptors (Lipinski definition) is 3. The molecule has 1 aliphatic heterocycles. The summed E-state index contributed by atoms with van der Waals surface area (Å²) in [5.74, 6) is 0.212. The van der Waals surface area contributed by atoms with Crippen LogP contribution in [0.15, 0.2) is 0 Å². The molecule has 1 aliphatic carbocycles. The first-order valence-corrected chi connectivity index (χ1v) is 5.40. The van der Waals surface area contributed by atoms with Crippen molar-refractivity contribution in [3.63, 3.8) is 0 Å². The topological polar surface area (TPSA) is 61.4 Å². The van der Waals surface area contributed by atoms with Gasteiger partial charge >= 0.3 is 0 Å². The molecular formula is C10H18N2O2. The van der Waals surface area contributed by atoms with Gasteiger partial charge in [-0.15, -0.1) is 0 Å². The van der Waals surface area contributed by atoms with Gasteiger partial charge in [0.2, 0.25) is 5.91 Å². The van der Waals surface area contributed by atoms with Crippen molar-refractivity contribution in [3.05, 3.63) is 0 Å². The number of hydrogen-bond donors (Lipinski definition) is 3. The van der Waals surface area contributed by atoms with Gasteiger partial charge in [0, 0.05) is 19.6 Å². The van der Waals surface area contributed by atoms with Gasteiger partial charge in [-0.25, -0.2) is 0 Å². The van der Waals surface area contributed by atoms with Crippen molar-refractivity contribution in [3.8, 4) is 0 Å². The maximum Gasteiger partial charge on any atom is 0.225 e. The second-order valence-corrected chi connectivity index (χ2v) is 4.50. The van der Waals surface area contributed by atoms with Crippen LogP contribution in [-0.4, -0.2) is 36.2 Å². The zero-order valence-electron chi connectivity index (χ0n) is 8.38. The maximum atomic E-state index is 11.5. The van der Waals surface area contributed by atoms with Gasteiger partial charge in [-0.2, -0.15) is 0 Å². The van der Waals surface area contributed by atoms with E-state index in [0.717, 1.165) is 38.8 Å². The Morgan fingerprint density at radius 2 is 2.07 bits per heavy atom. The Morgan fingerprint density at radius 3 is 2.57 bits per heavy atom. The van der Waals surface area contributed by atoms with E-state index >= 15 is 0 Å². The van der Waals surface area contributed by atoms with Crippen LogP contribution in [-0.2, 0) is 4.79 Å². The number of amides is 1. The normalized spacial score (nSPS) is 25.8. The standard InChI is InChI=1S/C10H18N2O2/c13-9(8-5-11-6-8)12-7-10(14)3-1-2-4-10/h8,11,14H,1-7H2,(H,12,13). The first kappa shape index (κ1) is 9.93. The van der Waals surface area contributed by atoms with E-state index in [1.165, 1.54) is 0 Å². The number of aliphatic hydroxyl groups is 1. The lowest BCUT2D eigenvalue weighted by molar-refractivity contribution is -0.127. The van der Waals surface area contributed by atoms with Crippen LogP contribution in [0.25, 0.3) is 0 Å². The third-order valence-electron chi connectivity index (χ3n) is 3.28. The van der Waals surface area contributed by atoms with Gasteiger partial charge < -0.3 is 15.7 Å². The third-order valence-corrected chi connectivity index (χ3v) is 3.28. The molecular weight excluding hydrogens is 180 g/mol. The summed E-state index contributed by atoms with van der Waals surface area (Å²) in [6.07, 6.45) is 3.82. The summed E-state index contributed by atoms with van der Waals surface area (Å²) in [5, 5.41) is 15.9. The third kappa shape index (κ3) is 2.07. The SMILES string of the molecule is O=C(NCC1(O)CCCC1)C1CNC1. The fourth-order valence-corrected chi connectivity index (χ4v) is 2.08. The highest BCUT2D eigenvalue weighted by Crippen LogP contribution is 2.28. The molecule has 2 rings (SSSR count). The molecule has 0 spiro atoms. The molecule has 4 heteroatoms. The molecule has 0 radical (unpaired) electrons. The Labute approximate surface area is 84.1 Å². The molecule has 14 heavy (non-hydrogen) atoms. The molecule has 0 bridgehead atoms. The number of carbonyl (C=O) groups excluding carboxylic acids is 1. The highest BCUT2D eigenvalue weighted by atomic mass is 16.3. The largest absolute Gasteiger partial charge is 0.388 e. The maximum absolute atomic E-state index is 11.5. The Morgan fingerprint density at radius 1 is 1.43 bits per heavy atom. The summed E-state index contributed by atoms with van der Waals surface area (Å²) in [6.45, 7) is 2.00. The lowest BCUT2D eigenvalue weighted by Gasteiger charge is -2.28. The van der Waals surface area contributed by atoms with Gasteiger partial charge in [0.05, 0.1) is 11.5 Å². The van der Waals surface area contributed by atoms with Gasteiger partial charge in [-0.05, 0) is 12.8 Å². The monoisotopic (exact) mass is 198 g/mol. The molecule has 0 aromatic heterocycles. The lowest BCUT2D eigenvalue weighted by atomic mass is 10.00. The molecule has 1 amide bonds. The van der Waals surface area contributed by atoms with E-state index in [1.807, 2.05) is 0 Å². The van der Waals surface area contributed by atoms with Crippen molar-refractivity contribution in [2.75, 3.05) is 19.6 Å². The number of rotatable bonds is 3. The molecule has 2 aliphatic rings. The van der Waals surface area contributed by atoms with E-state index in [2.05, 4.69) is 10.6 Å².